The van der Waals surface area contributed by atoms with E-state index in [0.717, 1.165) is 23.3 Å². The maximum Gasteiger partial charge on any atom is 0.159 e. The third-order valence-corrected chi connectivity index (χ3v) is 1.87. The van der Waals surface area contributed by atoms with Crippen LogP contribution in [0.3, 0.4) is 0 Å². The van der Waals surface area contributed by atoms with Gasteiger partial charge in [0.25, 0.3) is 0 Å². The first-order valence-electron chi connectivity index (χ1n) is 3.89. The Bertz CT molecular complexity index is 404. The number of pyridine rings is 1. The molecule has 2 aromatic heterocycles. The van der Waals surface area contributed by atoms with E-state index < -0.39 is 0 Å². The molecule has 4 heteroatoms. The Hall–Kier alpha value is -1.58. The third kappa shape index (κ3) is 0.845. The van der Waals surface area contributed by atoms with Gasteiger partial charge < -0.3 is 5.73 Å². The number of aryl methyl sites for hydroxylation is 1. The zero-order valence-electron chi connectivity index (χ0n) is 6.86. The average Bonchev–Trinajstić information content (AvgIpc) is 2.49. The normalized spacial score (nSPS) is 10.8. The lowest BCUT2D eigenvalue weighted by Crippen LogP contribution is -1.97. The first-order valence-corrected chi connectivity index (χ1v) is 3.89. The second kappa shape index (κ2) is 2.48. The van der Waals surface area contributed by atoms with Crippen LogP contribution in [0.1, 0.15) is 6.92 Å². The summed E-state index contributed by atoms with van der Waals surface area (Å²) in [6.07, 6.45) is 3.45. The van der Waals surface area contributed by atoms with E-state index in [1.54, 1.807) is 18.5 Å². The predicted octanol–water partition coefficient (Wildman–Crippen LogP) is 1.03. The fraction of sp³-hybridized carbons (Fsp3) is 0.250. The SMILES string of the molecule is CCn1ncc2c(N)ccnc21. The van der Waals surface area contributed by atoms with Crippen molar-refractivity contribution in [3.05, 3.63) is 18.5 Å². The van der Waals surface area contributed by atoms with E-state index in [9.17, 15) is 0 Å². The van der Waals surface area contributed by atoms with Crippen LogP contribution in [0.4, 0.5) is 5.69 Å². The first kappa shape index (κ1) is 7.09. The Morgan fingerprint density at radius 1 is 1.58 bits per heavy atom. The maximum atomic E-state index is 5.73. The van der Waals surface area contributed by atoms with Crippen LogP contribution in [0.2, 0.25) is 0 Å². The molecular formula is C8H10N4. The monoisotopic (exact) mass is 162 g/mol. The summed E-state index contributed by atoms with van der Waals surface area (Å²) < 4.78 is 1.83. The molecule has 0 aromatic carbocycles. The highest BCUT2D eigenvalue weighted by molar-refractivity contribution is 5.86. The van der Waals surface area contributed by atoms with Crippen LogP contribution in [0, 0.1) is 0 Å². The van der Waals surface area contributed by atoms with Crippen molar-refractivity contribution >= 4 is 16.7 Å². The minimum atomic E-state index is 0.736. The van der Waals surface area contributed by atoms with Crippen molar-refractivity contribution in [2.75, 3.05) is 5.73 Å². The number of nitrogens with two attached hydrogens (primary N) is 1. The molecule has 0 radical (unpaired) electrons. The molecular weight excluding hydrogens is 152 g/mol. The van der Waals surface area contributed by atoms with E-state index in [1.807, 2.05) is 11.6 Å². The number of nitrogens with zero attached hydrogens (tertiary/aromatic N) is 3. The fourth-order valence-electron chi connectivity index (χ4n) is 1.23. The Morgan fingerprint density at radius 2 is 2.42 bits per heavy atom. The Kier molecular flexibility index (Phi) is 1.46. The van der Waals surface area contributed by atoms with Gasteiger partial charge >= 0.3 is 0 Å². The molecule has 0 aliphatic heterocycles. The lowest BCUT2D eigenvalue weighted by Gasteiger charge is -1.97. The van der Waals surface area contributed by atoms with Crippen LogP contribution in [-0.4, -0.2) is 14.8 Å². The standard InChI is InChI=1S/C8H10N4/c1-2-12-8-6(5-11-12)7(9)3-4-10-8/h3-5H,2H2,1H3,(H2,9,10). The van der Waals surface area contributed by atoms with Gasteiger partial charge in [0, 0.05) is 18.4 Å². The van der Waals surface area contributed by atoms with Crippen molar-refractivity contribution in [1.82, 2.24) is 14.8 Å². The van der Waals surface area contributed by atoms with E-state index in [0.29, 0.717) is 0 Å². The van der Waals surface area contributed by atoms with Gasteiger partial charge in [-0.3, -0.25) is 0 Å². The van der Waals surface area contributed by atoms with Gasteiger partial charge in [-0.15, -0.1) is 0 Å². The summed E-state index contributed by atoms with van der Waals surface area (Å²) in [6.45, 7) is 2.84. The molecule has 0 spiro atoms. The number of aromatic nitrogens is 3. The highest BCUT2D eigenvalue weighted by Gasteiger charge is 2.03. The maximum absolute atomic E-state index is 5.73. The molecule has 2 aromatic rings. The lowest BCUT2D eigenvalue weighted by molar-refractivity contribution is 0.677. The largest absolute Gasteiger partial charge is 0.398 e. The number of nitrogen functional groups attached to an aromatic ring is 1. The molecule has 0 fully saturated rings. The van der Waals surface area contributed by atoms with Crippen LogP contribution in [0.15, 0.2) is 18.5 Å². The number of hydrogen-bond donors (Lipinski definition) is 1. The average molecular weight is 162 g/mol. The van der Waals surface area contributed by atoms with Crippen molar-refractivity contribution in [2.45, 2.75) is 13.5 Å². The summed E-state index contributed by atoms with van der Waals surface area (Å²) in [5.74, 6) is 0. The summed E-state index contributed by atoms with van der Waals surface area (Å²) in [5.41, 5.74) is 7.33. The quantitative estimate of drug-likeness (QED) is 0.681. The summed E-state index contributed by atoms with van der Waals surface area (Å²) in [6, 6.07) is 1.78. The van der Waals surface area contributed by atoms with Crippen molar-refractivity contribution in [2.24, 2.45) is 0 Å². The van der Waals surface area contributed by atoms with Crippen LogP contribution < -0.4 is 5.73 Å². The fourth-order valence-corrected chi connectivity index (χ4v) is 1.23. The molecule has 2 heterocycles. The smallest absolute Gasteiger partial charge is 0.159 e. The van der Waals surface area contributed by atoms with Gasteiger partial charge in [0.15, 0.2) is 5.65 Å². The van der Waals surface area contributed by atoms with Crippen molar-refractivity contribution in [3.63, 3.8) is 0 Å². The molecule has 2 N–H and O–H groups in total. The minimum Gasteiger partial charge on any atom is -0.398 e. The van der Waals surface area contributed by atoms with Crippen molar-refractivity contribution in [1.29, 1.82) is 0 Å². The number of fused-ring (bicyclic) bond motifs is 1. The molecule has 0 bridgehead atoms. The number of anilines is 1. The zero-order chi connectivity index (χ0) is 8.55. The predicted molar refractivity (Wildman–Crippen MR) is 47.6 cm³/mol. The van der Waals surface area contributed by atoms with Crippen molar-refractivity contribution < 1.29 is 0 Å². The third-order valence-electron chi connectivity index (χ3n) is 1.87. The second-order valence-electron chi connectivity index (χ2n) is 2.60. The summed E-state index contributed by atoms with van der Waals surface area (Å²) in [4.78, 5) is 4.19. The van der Waals surface area contributed by atoms with E-state index in [1.165, 1.54) is 0 Å². The zero-order valence-corrected chi connectivity index (χ0v) is 6.86. The minimum absolute atomic E-state index is 0.736. The van der Waals surface area contributed by atoms with E-state index >= 15 is 0 Å². The molecule has 4 nitrogen and oxygen atoms in total. The van der Waals surface area contributed by atoms with Crippen LogP contribution in [0.25, 0.3) is 11.0 Å². The molecule has 0 aliphatic carbocycles. The van der Waals surface area contributed by atoms with Gasteiger partial charge in [-0.05, 0) is 13.0 Å². The highest BCUT2D eigenvalue weighted by Crippen LogP contribution is 2.17. The number of rotatable bonds is 1. The van der Waals surface area contributed by atoms with E-state index in [2.05, 4.69) is 10.1 Å². The second-order valence-corrected chi connectivity index (χ2v) is 2.60. The Balaban J connectivity index is 2.80. The van der Waals surface area contributed by atoms with Crippen LogP contribution in [0.5, 0.6) is 0 Å². The molecule has 12 heavy (non-hydrogen) atoms. The van der Waals surface area contributed by atoms with Gasteiger partial charge in [0.05, 0.1) is 11.6 Å². The van der Waals surface area contributed by atoms with Crippen LogP contribution in [-0.2, 0) is 6.54 Å². The molecule has 2 rings (SSSR count). The summed E-state index contributed by atoms with van der Waals surface area (Å²) in [7, 11) is 0. The summed E-state index contributed by atoms with van der Waals surface area (Å²) >= 11 is 0. The highest BCUT2D eigenvalue weighted by atomic mass is 15.3. The molecule has 0 aliphatic rings. The molecule has 62 valence electrons. The van der Waals surface area contributed by atoms with Gasteiger partial charge in [-0.25, -0.2) is 9.67 Å². The lowest BCUT2D eigenvalue weighted by atomic mass is 10.3. The molecule has 0 saturated heterocycles. The first-order chi connectivity index (χ1) is 5.83. The van der Waals surface area contributed by atoms with E-state index in [-0.39, 0.29) is 0 Å². The Morgan fingerprint density at radius 3 is 3.17 bits per heavy atom. The van der Waals surface area contributed by atoms with Crippen molar-refractivity contribution in [3.8, 4) is 0 Å². The topological polar surface area (TPSA) is 56.7 Å². The summed E-state index contributed by atoms with van der Waals surface area (Å²) in [5, 5.41) is 5.08. The number of hydrogen-bond acceptors (Lipinski definition) is 3. The van der Waals surface area contributed by atoms with Gasteiger partial charge in [-0.1, -0.05) is 0 Å². The van der Waals surface area contributed by atoms with Gasteiger partial charge in [0.1, 0.15) is 0 Å². The van der Waals surface area contributed by atoms with Gasteiger partial charge in [0.2, 0.25) is 0 Å². The van der Waals surface area contributed by atoms with Gasteiger partial charge in [-0.2, -0.15) is 5.10 Å². The van der Waals surface area contributed by atoms with E-state index in [4.69, 9.17) is 5.73 Å². The molecule has 0 amide bonds. The Labute approximate surface area is 70.0 Å². The van der Waals surface area contributed by atoms with Crippen LogP contribution >= 0.6 is 0 Å². The molecule has 0 saturated carbocycles. The molecule has 0 atom stereocenters. The molecule has 0 unspecified atom stereocenters.